The van der Waals surface area contributed by atoms with E-state index in [1.54, 1.807) is 6.20 Å². The minimum Gasteiger partial charge on any atom is -0.305 e. The highest BCUT2D eigenvalue weighted by atomic mass is 16.1. The van der Waals surface area contributed by atoms with E-state index < -0.39 is 0 Å². The lowest BCUT2D eigenvalue weighted by molar-refractivity contribution is 0.0929. The van der Waals surface area contributed by atoms with Gasteiger partial charge in [-0.25, -0.2) is 0 Å². The lowest BCUT2D eigenvalue weighted by Crippen LogP contribution is -2.39. The molecule has 1 aliphatic rings. The number of hydrogen-bond acceptors (Lipinski definition) is 3. The van der Waals surface area contributed by atoms with Crippen LogP contribution in [0.3, 0.4) is 0 Å². The zero-order valence-electron chi connectivity index (χ0n) is 10.4. The molecule has 3 heteroatoms. The van der Waals surface area contributed by atoms with Crippen molar-refractivity contribution >= 4 is 16.7 Å². The Balaban J connectivity index is 1.97. The molecule has 18 heavy (non-hydrogen) atoms. The van der Waals surface area contributed by atoms with Gasteiger partial charge in [-0.15, -0.1) is 0 Å². The summed E-state index contributed by atoms with van der Waals surface area (Å²) < 4.78 is 0. The van der Waals surface area contributed by atoms with Crippen LogP contribution in [-0.4, -0.2) is 22.9 Å². The maximum absolute atomic E-state index is 12.5. The van der Waals surface area contributed by atoms with E-state index in [1.165, 1.54) is 0 Å². The predicted octanol–water partition coefficient (Wildman–Crippen LogP) is 2.56. The van der Waals surface area contributed by atoms with Crippen LogP contribution in [0.5, 0.6) is 0 Å². The number of para-hydroxylation sites is 1. The second kappa shape index (κ2) is 4.18. The largest absolute Gasteiger partial charge is 0.305 e. The van der Waals surface area contributed by atoms with Crippen molar-refractivity contribution in [3.8, 4) is 0 Å². The molecule has 2 aromatic rings. The van der Waals surface area contributed by atoms with Crippen molar-refractivity contribution in [2.24, 2.45) is 0 Å². The summed E-state index contributed by atoms with van der Waals surface area (Å²) in [6.07, 6.45) is 3.57. The van der Waals surface area contributed by atoms with Crippen LogP contribution >= 0.6 is 0 Å². The van der Waals surface area contributed by atoms with Crippen molar-refractivity contribution in [1.29, 1.82) is 0 Å². The molecule has 3 rings (SSSR count). The van der Waals surface area contributed by atoms with Crippen LogP contribution in [0.25, 0.3) is 10.9 Å². The number of hydrogen-bond donors (Lipinski definition) is 1. The molecule has 0 unspecified atom stereocenters. The Labute approximate surface area is 106 Å². The van der Waals surface area contributed by atoms with E-state index in [1.807, 2.05) is 37.3 Å². The molecule has 1 N–H and O–H groups in total. The van der Waals surface area contributed by atoms with Gasteiger partial charge >= 0.3 is 0 Å². The van der Waals surface area contributed by atoms with Gasteiger partial charge in [0.2, 0.25) is 0 Å². The summed E-state index contributed by atoms with van der Waals surface area (Å²) in [5, 5.41) is 4.33. The first-order valence-electron chi connectivity index (χ1n) is 6.40. The first-order valence-corrected chi connectivity index (χ1v) is 6.40. The molecule has 1 fully saturated rings. The maximum Gasteiger partial charge on any atom is 0.184 e. The van der Waals surface area contributed by atoms with Gasteiger partial charge in [0, 0.05) is 17.1 Å². The Morgan fingerprint density at radius 1 is 1.39 bits per heavy atom. The van der Waals surface area contributed by atoms with Crippen LogP contribution < -0.4 is 5.32 Å². The van der Waals surface area contributed by atoms with Crippen LogP contribution in [0.1, 0.15) is 30.1 Å². The number of ketones is 1. The van der Waals surface area contributed by atoms with Crippen molar-refractivity contribution in [2.45, 2.75) is 25.3 Å². The quantitative estimate of drug-likeness (QED) is 0.835. The summed E-state index contributed by atoms with van der Waals surface area (Å²) >= 11 is 0. The third kappa shape index (κ3) is 1.81. The SMILES string of the molecule is CCNC1(C(=O)c2cnc3ccccc3c2)CC1. The summed E-state index contributed by atoms with van der Waals surface area (Å²) in [5.74, 6) is 0.183. The fraction of sp³-hybridized carbons (Fsp3) is 0.333. The van der Waals surface area contributed by atoms with Gasteiger partial charge in [0.1, 0.15) is 0 Å². The summed E-state index contributed by atoms with van der Waals surface area (Å²) in [4.78, 5) is 16.8. The molecule has 0 saturated heterocycles. The van der Waals surface area contributed by atoms with Crippen molar-refractivity contribution in [3.63, 3.8) is 0 Å². The maximum atomic E-state index is 12.5. The third-order valence-electron chi connectivity index (χ3n) is 3.55. The molecule has 0 atom stereocenters. The molecule has 0 spiro atoms. The topological polar surface area (TPSA) is 42.0 Å². The number of nitrogens with zero attached hydrogens (tertiary/aromatic N) is 1. The van der Waals surface area contributed by atoms with E-state index in [4.69, 9.17) is 0 Å². The van der Waals surface area contributed by atoms with Crippen molar-refractivity contribution in [2.75, 3.05) is 6.54 Å². The number of fused-ring (bicyclic) bond motifs is 1. The first-order chi connectivity index (χ1) is 8.75. The average Bonchev–Trinajstić information content (AvgIpc) is 3.19. The normalized spacial score (nSPS) is 16.7. The average molecular weight is 240 g/mol. The molecule has 0 amide bonds. The monoisotopic (exact) mass is 240 g/mol. The lowest BCUT2D eigenvalue weighted by atomic mass is 10.0. The minimum atomic E-state index is -0.307. The molecule has 0 radical (unpaired) electrons. The van der Waals surface area contributed by atoms with Crippen molar-refractivity contribution in [3.05, 3.63) is 42.1 Å². The van der Waals surface area contributed by atoms with Crippen LogP contribution in [0.2, 0.25) is 0 Å². The van der Waals surface area contributed by atoms with Crippen molar-refractivity contribution in [1.82, 2.24) is 10.3 Å². The highest BCUT2D eigenvalue weighted by molar-refractivity contribution is 6.06. The number of rotatable bonds is 4. The number of carbonyl (C=O) groups excluding carboxylic acids is 1. The van der Waals surface area contributed by atoms with Gasteiger partial charge in [0.25, 0.3) is 0 Å². The van der Waals surface area contributed by atoms with Gasteiger partial charge in [-0.2, -0.15) is 0 Å². The molecular weight excluding hydrogens is 224 g/mol. The van der Waals surface area contributed by atoms with Gasteiger partial charge in [-0.05, 0) is 31.5 Å². The van der Waals surface area contributed by atoms with Crippen LogP contribution in [0.4, 0.5) is 0 Å². The van der Waals surface area contributed by atoms with Crippen molar-refractivity contribution < 1.29 is 4.79 Å². The zero-order chi connectivity index (χ0) is 12.6. The Kier molecular flexibility index (Phi) is 2.63. The molecule has 3 nitrogen and oxygen atoms in total. The van der Waals surface area contributed by atoms with Crippen LogP contribution in [0.15, 0.2) is 36.5 Å². The molecule has 0 aliphatic heterocycles. The molecule has 0 bridgehead atoms. The Bertz CT molecular complexity index is 602. The highest BCUT2D eigenvalue weighted by Crippen LogP contribution is 2.38. The number of benzene rings is 1. The Hall–Kier alpha value is -1.74. The van der Waals surface area contributed by atoms with Gasteiger partial charge < -0.3 is 5.32 Å². The zero-order valence-corrected chi connectivity index (χ0v) is 10.4. The summed E-state index contributed by atoms with van der Waals surface area (Å²) in [5.41, 5.74) is 1.34. The number of likely N-dealkylation sites (N-methyl/N-ethyl adjacent to an activating group) is 1. The van der Waals surface area contributed by atoms with Crippen LogP contribution in [0, 0.1) is 0 Å². The molecule has 1 saturated carbocycles. The molecular formula is C15H16N2O. The summed E-state index contributed by atoms with van der Waals surface area (Å²) in [7, 11) is 0. The van der Waals surface area contributed by atoms with E-state index in [0.717, 1.165) is 30.3 Å². The van der Waals surface area contributed by atoms with Gasteiger partial charge in [-0.1, -0.05) is 25.1 Å². The number of Topliss-reactive ketones (excluding diaryl/α,β-unsaturated/α-hetero) is 1. The molecule has 1 aromatic carbocycles. The molecule has 92 valence electrons. The van der Waals surface area contributed by atoms with E-state index in [0.29, 0.717) is 5.56 Å². The standard InChI is InChI=1S/C15H16N2O/c1-2-17-15(7-8-15)14(18)12-9-11-5-3-4-6-13(11)16-10-12/h3-6,9-10,17H,2,7-8H2,1H3. The first kappa shape index (κ1) is 11.4. The minimum absolute atomic E-state index is 0.183. The Morgan fingerprint density at radius 3 is 2.89 bits per heavy atom. The van der Waals surface area contributed by atoms with Gasteiger partial charge in [-0.3, -0.25) is 9.78 Å². The molecule has 1 heterocycles. The third-order valence-corrected chi connectivity index (χ3v) is 3.55. The summed E-state index contributed by atoms with van der Waals surface area (Å²) in [6, 6.07) is 9.82. The fourth-order valence-corrected chi connectivity index (χ4v) is 2.42. The second-order valence-corrected chi connectivity index (χ2v) is 4.86. The van der Waals surface area contributed by atoms with E-state index >= 15 is 0 Å². The van der Waals surface area contributed by atoms with E-state index in [2.05, 4.69) is 10.3 Å². The van der Waals surface area contributed by atoms with E-state index in [-0.39, 0.29) is 11.3 Å². The molecule has 1 aliphatic carbocycles. The number of carbonyl (C=O) groups is 1. The van der Waals surface area contributed by atoms with Gasteiger partial charge in [0.15, 0.2) is 5.78 Å². The second-order valence-electron chi connectivity index (χ2n) is 4.86. The molecule has 1 aromatic heterocycles. The Morgan fingerprint density at radius 2 is 2.17 bits per heavy atom. The lowest BCUT2D eigenvalue weighted by Gasteiger charge is -2.14. The number of nitrogens with one attached hydrogen (secondary N) is 1. The van der Waals surface area contributed by atoms with E-state index in [9.17, 15) is 4.79 Å². The predicted molar refractivity (Wildman–Crippen MR) is 71.7 cm³/mol. The summed E-state index contributed by atoms with van der Waals surface area (Å²) in [6.45, 7) is 2.86. The number of aromatic nitrogens is 1. The van der Waals surface area contributed by atoms with Gasteiger partial charge in [0.05, 0.1) is 11.1 Å². The smallest absolute Gasteiger partial charge is 0.184 e. The van der Waals surface area contributed by atoms with Crippen LogP contribution in [-0.2, 0) is 0 Å². The highest BCUT2D eigenvalue weighted by Gasteiger charge is 2.49. The fourth-order valence-electron chi connectivity index (χ4n) is 2.42. The number of pyridine rings is 1.